The number of pyridine rings is 1. The standard InChI is InChI=1S/C11H12N2O2/c1-8(11(14)15)7-10-4-2-3-9-5-6-12-13(9)10/h2-6,8H,7H2,1H3,(H,14,15). The van der Waals surface area contributed by atoms with E-state index in [1.165, 1.54) is 0 Å². The van der Waals surface area contributed by atoms with Crippen LogP contribution in [-0.2, 0) is 11.2 Å². The summed E-state index contributed by atoms with van der Waals surface area (Å²) < 4.78 is 1.78. The summed E-state index contributed by atoms with van der Waals surface area (Å²) in [5.74, 6) is -1.17. The van der Waals surface area contributed by atoms with Gasteiger partial charge in [0, 0.05) is 18.3 Å². The van der Waals surface area contributed by atoms with Crippen LogP contribution in [0, 0.1) is 5.92 Å². The third kappa shape index (κ3) is 1.83. The minimum absolute atomic E-state index is 0.389. The molecule has 15 heavy (non-hydrogen) atoms. The number of rotatable bonds is 3. The molecular formula is C11H12N2O2. The van der Waals surface area contributed by atoms with Crippen LogP contribution in [0.25, 0.3) is 5.52 Å². The summed E-state index contributed by atoms with van der Waals surface area (Å²) in [4.78, 5) is 10.7. The van der Waals surface area contributed by atoms with Gasteiger partial charge in [0.2, 0.25) is 0 Å². The van der Waals surface area contributed by atoms with Crippen LogP contribution in [0.4, 0.5) is 0 Å². The van der Waals surface area contributed by atoms with E-state index in [9.17, 15) is 4.79 Å². The minimum Gasteiger partial charge on any atom is -0.481 e. The first-order valence-electron chi connectivity index (χ1n) is 4.83. The molecule has 1 N–H and O–H groups in total. The first-order chi connectivity index (χ1) is 7.18. The smallest absolute Gasteiger partial charge is 0.306 e. The second-order valence-electron chi connectivity index (χ2n) is 3.63. The summed E-state index contributed by atoms with van der Waals surface area (Å²) >= 11 is 0. The van der Waals surface area contributed by atoms with Crippen LogP contribution in [0.15, 0.2) is 30.5 Å². The largest absolute Gasteiger partial charge is 0.481 e. The van der Waals surface area contributed by atoms with E-state index < -0.39 is 5.97 Å². The predicted molar refractivity (Wildman–Crippen MR) is 55.7 cm³/mol. The summed E-state index contributed by atoms with van der Waals surface area (Å²) in [5.41, 5.74) is 1.91. The highest BCUT2D eigenvalue weighted by Gasteiger charge is 2.13. The lowest BCUT2D eigenvalue weighted by atomic mass is 10.1. The van der Waals surface area contributed by atoms with Crippen molar-refractivity contribution in [2.24, 2.45) is 5.92 Å². The molecule has 2 heterocycles. The van der Waals surface area contributed by atoms with Crippen LogP contribution >= 0.6 is 0 Å². The zero-order valence-corrected chi connectivity index (χ0v) is 8.42. The fraction of sp³-hybridized carbons (Fsp3) is 0.273. The van der Waals surface area contributed by atoms with E-state index in [1.807, 2.05) is 24.3 Å². The Bertz CT molecular complexity index is 490. The van der Waals surface area contributed by atoms with Gasteiger partial charge < -0.3 is 5.11 Å². The Morgan fingerprint density at radius 1 is 1.53 bits per heavy atom. The zero-order chi connectivity index (χ0) is 10.8. The summed E-state index contributed by atoms with van der Waals surface area (Å²) in [6.07, 6.45) is 2.21. The van der Waals surface area contributed by atoms with Gasteiger partial charge in [-0.05, 0) is 18.2 Å². The number of aromatic nitrogens is 2. The molecule has 0 fully saturated rings. The van der Waals surface area contributed by atoms with Crippen LogP contribution < -0.4 is 0 Å². The monoisotopic (exact) mass is 204 g/mol. The molecule has 0 saturated carbocycles. The average Bonchev–Trinajstić information content (AvgIpc) is 2.66. The van der Waals surface area contributed by atoms with E-state index in [4.69, 9.17) is 5.11 Å². The summed E-state index contributed by atoms with van der Waals surface area (Å²) in [5, 5.41) is 13.0. The molecule has 4 nitrogen and oxygen atoms in total. The molecule has 0 bridgehead atoms. The van der Waals surface area contributed by atoms with Crippen molar-refractivity contribution >= 4 is 11.5 Å². The molecule has 0 aliphatic rings. The maximum atomic E-state index is 10.7. The fourth-order valence-electron chi connectivity index (χ4n) is 1.56. The highest BCUT2D eigenvalue weighted by molar-refractivity contribution is 5.69. The molecule has 0 saturated heterocycles. The number of aliphatic carboxylic acids is 1. The zero-order valence-electron chi connectivity index (χ0n) is 8.42. The van der Waals surface area contributed by atoms with E-state index in [0.717, 1.165) is 11.2 Å². The van der Waals surface area contributed by atoms with Gasteiger partial charge in [0.25, 0.3) is 0 Å². The van der Waals surface area contributed by atoms with Crippen molar-refractivity contribution in [3.63, 3.8) is 0 Å². The van der Waals surface area contributed by atoms with E-state index in [2.05, 4.69) is 5.10 Å². The molecule has 0 amide bonds. The highest BCUT2D eigenvalue weighted by atomic mass is 16.4. The SMILES string of the molecule is CC(Cc1cccc2ccnn12)C(=O)O. The van der Waals surface area contributed by atoms with Crippen molar-refractivity contribution < 1.29 is 9.90 Å². The van der Waals surface area contributed by atoms with Crippen molar-refractivity contribution in [2.75, 3.05) is 0 Å². The molecule has 2 aromatic rings. The Hall–Kier alpha value is -1.84. The second kappa shape index (κ2) is 3.73. The third-order valence-corrected chi connectivity index (χ3v) is 2.44. The topological polar surface area (TPSA) is 54.6 Å². The van der Waals surface area contributed by atoms with Crippen LogP contribution in [-0.4, -0.2) is 20.7 Å². The van der Waals surface area contributed by atoms with Gasteiger partial charge in [0.05, 0.1) is 11.4 Å². The number of hydrogen-bond acceptors (Lipinski definition) is 2. The molecule has 78 valence electrons. The van der Waals surface area contributed by atoms with Crippen LogP contribution in [0.1, 0.15) is 12.6 Å². The molecule has 2 aromatic heterocycles. The third-order valence-electron chi connectivity index (χ3n) is 2.44. The Balaban J connectivity index is 2.35. The van der Waals surface area contributed by atoms with Gasteiger partial charge in [-0.3, -0.25) is 4.79 Å². The molecule has 1 atom stereocenters. The minimum atomic E-state index is -0.779. The number of nitrogens with zero attached hydrogens (tertiary/aromatic N) is 2. The molecular weight excluding hydrogens is 192 g/mol. The van der Waals surface area contributed by atoms with Gasteiger partial charge in [0.1, 0.15) is 0 Å². The van der Waals surface area contributed by atoms with E-state index in [0.29, 0.717) is 6.42 Å². The van der Waals surface area contributed by atoms with Gasteiger partial charge >= 0.3 is 5.97 Å². The van der Waals surface area contributed by atoms with Gasteiger partial charge in [-0.2, -0.15) is 5.10 Å². The molecule has 0 aliphatic heterocycles. The summed E-state index contributed by atoms with van der Waals surface area (Å²) in [7, 11) is 0. The average molecular weight is 204 g/mol. The van der Waals surface area contributed by atoms with Gasteiger partial charge in [0.15, 0.2) is 0 Å². The Morgan fingerprint density at radius 2 is 2.33 bits per heavy atom. The first kappa shape index (κ1) is 9.71. The molecule has 0 aliphatic carbocycles. The van der Waals surface area contributed by atoms with Crippen LogP contribution in [0.2, 0.25) is 0 Å². The Labute approximate surface area is 87.2 Å². The van der Waals surface area contributed by atoms with Crippen molar-refractivity contribution in [3.8, 4) is 0 Å². The van der Waals surface area contributed by atoms with E-state index >= 15 is 0 Å². The summed E-state index contributed by atoms with van der Waals surface area (Å²) in [6, 6.07) is 7.66. The van der Waals surface area contributed by atoms with Crippen LogP contribution in [0.3, 0.4) is 0 Å². The van der Waals surface area contributed by atoms with Gasteiger partial charge in [-0.25, -0.2) is 4.52 Å². The maximum Gasteiger partial charge on any atom is 0.306 e. The molecule has 2 rings (SSSR count). The summed E-state index contributed by atoms with van der Waals surface area (Å²) in [6.45, 7) is 1.70. The van der Waals surface area contributed by atoms with Crippen molar-refractivity contribution in [1.82, 2.24) is 9.61 Å². The van der Waals surface area contributed by atoms with E-state index in [-0.39, 0.29) is 5.92 Å². The molecule has 0 radical (unpaired) electrons. The molecule has 0 spiro atoms. The van der Waals surface area contributed by atoms with Crippen LogP contribution in [0.5, 0.6) is 0 Å². The lowest BCUT2D eigenvalue weighted by Crippen LogP contribution is -2.14. The second-order valence-corrected chi connectivity index (χ2v) is 3.63. The number of carboxylic acids is 1. The number of fused-ring (bicyclic) bond motifs is 1. The maximum absolute atomic E-state index is 10.7. The van der Waals surface area contributed by atoms with Gasteiger partial charge in [-0.1, -0.05) is 13.0 Å². The van der Waals surface area contributed by atoms with Crippen molar-refractivity contribution in [3.05, 3.63) is 36.2 Å². The van der Waals surface area contributed by atoms with Gasteiger partial charge in [-0.15, -0.1) is 0 Å². The molecule has 1 unspecified atom stereocenters. The van der Waals surface area contributed by atoms with E-state index in [1.54, 1.807) is 17.6 Å². The number of hydrogen-bond donors (Lipinski definition) is 1. The van der Waals surface area contributed by atoms with Crippen molar-refractivity contribution in [2.45, 2.75) is 13.3 Å². The Kier molecular flexibility index (Phi) is 2.41. The predicted octanol–water partition coefficient (Wildman–Crippen LogP) is 1.60. The quantitative estimate of drug-likeness (QED) is 0.826. The Morgan fingerprint density at radius 3 is 3.07 bits per heavy atom. The number of carboxylic acid groups (broad SMARTS) is 1. The molecule has 0 aromatic carbocycles. The van der Waals surface area contributed by atoms with Crippen molar-refractivity contribution in [1.29, 1.82) is 0 Å². The number of carbonyl (C=O) groups is 1. The lowest BCUT2D eigenvalue weighted by Gasteiger charge is -2.07. The lowest BCUT2D eigenvalue weighted by molar-refractivity contribution is -0.141. The normalized spacial score (nSPS) is 12.9. The fourth-order valence-corrected chi connectivity index (χ4v) is 1.56. The first-order valence-corrected chi connectivity index (χ1v) is 4.83. The molecule has 4 heteroatoms. The highest BCUT2D eigenvalue weighted by Crippen LogP contribution is 2.11.